The molecule has 7 nitrogen and oxygen atoms in total. The maximum Gasteiger partial charge on any atom is 0.326 e. The first-order chi connectivity index (χ1) is 9.79. The van der Waals surface area contributed by atoms with Crippen molar-refractivity contribution in [1.82, 2.24) is 10.3 Å². The highest BCUT2D eigenvalue weighted by Crippen LogP contribution is 2.11. The van der Waals surface area contributed by atoms with Crippen molar-refractivity contribution in [2.24, 2.45) is 0 Å². The van der Waals surface area contributed by atoms with E-state index in [-0.39, 0.29) is 30.0 Å². The summed E-state index contributed by atoms with van der Waals surface area (Å²) in [5, 5.41) is 20.1. The first-order valence-electron chi connectivity index (χ1n) is 6.19. The van der Waals surface area contributed by atoms with Crippen LogP contribution in [-0.4, -0.2) is 39.1 Å². The van der Waals surface area contributed by atoms with E-state index in [1.165, 1.54) is 12.1 Å². The van der Waals surface area contributed by atoms with Crippen molar-refractivity contribution in [2.75, 3.05) is 0 Å². The minimum Gasteiger partial charge on any atom is -0.481 e. The maximum atomic E-state index is 12.0. The summed E-state index contributed by atoms with van der Waals surface area (Å²) in [5.41, 5.74) is 0.738. The Morgan fingerprint density at radius 3 is 2.52 bits per heavy atom. The number of nitrogens with zero attached hydrogens (tertiary/aromatic N) is 1. The van der Waals surface area contributed by atoms with Crippen molar-refractivity contribution in [2.45, 2.75) is 32.2 Å². The van der Waals surface area contributed by atoms with Crippen LogP contribution in [0.4, 0.5) is 0 Å². The summed E-state index contributed by atoms with van der Waals surface area (Å²) in [7, 11) is 0. The Hall–Kier alpha value is -2.15. The first kappa shape index (κ1) is 16.9. The summed E-state index contributed by atoms with van der Waals surface area (Å²) in [6.07, 6.45) is 0.0354. The normalized spacial score (nSPS) is 11.7. The Morgan fingerprint density at radius 2 is 2.00 bits per heavy atom. The fourth-order valence-corrected chi connectivity index (χ4v) is 1.97. The molecule has 0 fully saturated rings. The number of aliphatic carboxylic acids is 2. The van der Waals surface area contributed by atoms with E-state index in [0.717, 1.165) is 0 Å². The number of nitrogens with one attached hydrogen (secondary N) is 1. The lowest BCUT2D eigenvalue weighted by molar-refractivity contribution is -0.140. The topological polar surface area (TPSA) is 117 Å². The molecule has 1 aromatic rings. The molecular formula is C13H15ClN2O5. The lowest BCUT2D eigenvalue weighted by Gasteiger charge is -2.14. The zero-order chi connectivity index (χ0) is 16.0. The summed E-state index contributed by atoms with van der Waals surface area (Å²) < 4.78 is 0. The number of amides is 1. The fraction of sp³-hybridized carbons (Fsp3) is 0.385. The van der Waals surface area contributed by atoms with E-state index in [2.05, 4.69) is 10.3 Å². The molecule has 0 aliphatic heterocycles. The van der Waals surface area contributed by atoms with Gasteiger partial charge in [-0.25, -0.2) is 9.78 Å². The lowest BCUT2D eigenvalue weighted by Crippen LogP contribution is -2.40. The van der Waals surface area contributed by atoms with Gasteiger partial charge in [0.25, 0.3) is 5.91 Å². The summed E-state index contributed by atoms with van der Waals surface area (Å²) in [6, 6.07) is 1.67. The summed E-state index contributed by atoms with van der Waals surface area (Å²) in [6.45, 7) is 1.66. The van der Waals surface area contributed by atoms with Crippen LogP contribution in [0.5, 0.6) is 0 Å². The van der Waals surface area contributed by atoms with E-state index in [0.29, 0.717) is 5.69 Å². The molecular weight excluding hydrogens is 300 g/mol. The number of aryl methyl sites for hydroxylation is 1. The molecule has 0 unspecified atom stereocenters. The standard InChI is InChI=1S/C13H15ClN2O5/c1-7-5-8(6-10(14)15-7)12(19)16-9(13(20)21)3-2-4-11(17)18/h5-6,9H,2-4H2,1H3,(H,16,19)(H,17,18)(H,20,21)/t9-/m1/s1. The zero-order valence-electron chi connectivity index (χ0n) is 11.3. The molecule has 0 saturated carbocycles. The van der Waals surface area contributed by atoms with Crippen molar-refractivity contribution < 1.29 is 24.6 Å². The van der Waals surface area contributed by atoms with Gasteiger partial charge in [-0.05, 0) is 31.9 Å². The molecule has 0 bridgehead atoms. The molecule has 0 aromatic carbocycles. The second-order valence-corrected chi connectivity index (χ2v) is 4.86. The number of rotatable bonds is 7. The van der Waals surface area contributed by atoms with Gasteiger partial charge in [0.2, 0.25) is 0 Å². The van der Waals surface area contributed by atoms with Gasteiger partial charge in [-0.15, -0.1) is 0 Å². The fourth-order valence-electron chi connectivity index (χ4n) is 1.72. The Morgan fingerprint density at radius 1 is 1.33 bits per heavy atom. The number of aromatic nitrogens is 1. The van der Waals surface area contributed by atoms with Crippen LogP contribution >= 0.6 is 11.6 Å². The molecule has 0 saturated heterocycles. The molecule has 21 heavy (non-hydrogen) atoms. The molecule has 1 amide bonds. The van der Waals surface area contributed by atoms with Gasteiger partial charge in [0, 0.05) is 17.7 Å². The maximum absolute atomic E-state index is 12.0. The highest BCUT2D eigenvalue weighted by molar-refractivity contribution is 6.29. The molecule has 3 N–H and O–H groups in total. The van der Waals surface area contributed by atoms with Crippen LogP contribution in [0, 0.1) is 6.92 Å². The zero-order valence-corrected chi connectivity index (χ0v) is 12.1. The van der Waals surface area contributed by atoms with Crippen molar-refractivity contribution in [1.29, 1.82) is 0 Å². The van der Waals surface area contributed by atoms with Crippen LogP contribution in [0.2, 0.25) is 5.15 Å². The van der Waals surface area contributed by atoms with E-state index in [9.17, 15) is 14.4 Å². The number of carboxylic acid groups (broad SMARTS) is 2. The average molecular weight is 315 g/mol. The minimum atomic E-state index is -1.22. The lowest BCUT2D eigenvalue weighted by atomic mass is 10.1. The van der Waals surface area contributed by atoms with Gasteiger partial charge in [0.15, 0.2) is 0 Å². The number of hydrogen-bond acceptors (Lipinski definition) is 4. The van der Waals surface area contributed by atoms with Gasteiger partial charge in [0.1, 0.15) is 11.2 Å². The third kappa shape index (κ3) is 5.78. The number of pyridine rings is 1. The molecule has 0 spiro atoms. The highest BCUT2D eigenvalue weighted by atomic mass is 35.5. The van der Waals surface area contributed by atoms with Crippen LogP contribution in [0.15, 0.2) is 12.1 Å². The van der Waals surface area contributed by atoms with Gasteiger partial charge in [-0.2, -0.15) is 0 Å². The monoisotopic (exact) mass is 314 g/mol. The minimum absolute atomic E-state index is 0.0329. The molecule has 114 valence electrons. The number of carbonyl (C=O) groups excluding carboxylic acids is 1. The number of carbonyl (C=O) groups is 3. The van der Waals surface area contributed by atoms with Crippen molar-refractivity contribution in [3.8, 4) is 0 Å². The predicted octanol–water partition coefficient (Wildman–Crippen LogP) is 1.48. The van der Waals surface area contributed by atoms with Crippen molar-refractivity contribution in [3.05, 3.63) is 28.5 Å². The third-order valence-electron chi connectivity index (χ3n) is 2.67. The Labute approximate surface area is 125 Å². The average Bonchev–Trinajstić information content (AvgIpc) is 2.35. The molecule has 0 radical (unpaired) electrons. The molecule has 0 aliphatic rings. The van der Waals surface area contributed by atoms with Gasteiger partial charge >= 0.3 is 11.9 Å². The number of halogens is 1. The van der Waals surface area contributed by atoms with Crippen LogP contribution in [0.25, 0.3) is 0 Å². The van der Waals surface area contributed by atoms with E-state index < -0.39 is 23.9 Å². The quantitative estimate of drug-likeness (QED) is 0.656. The van der Waals surface area contributed by atoms with Crippen molar-refractivity contribution in [3.63, 3.8) is 0 Å². The Bertz CT molecular complexity index is 541. The smallest absolute Gasteiger partial charge is 0.326 e. The Balaban J connectivity index is 2.71. The van der Waals surface area contributed by atoms with Gasteiger partial charge < -0.3 is 15.5 Å². The summed E-state index contributed by atoms with van der Waals surface area (Å²) >= 11 is 5.74. The molecule has 0 aliphatic carbocycles. The largest absolute Gasteiger partial charge is 0.481 e. The molecule has 1 rings (SSSR count). The van der Waals surface area contributed by atoms with Gasteiger partial charge in [0.05, 0.1) is 0 Å². The van der Waals surface area contributed by atoms with Crippen LogP contribution in [-0.2, 0) is 9.59 Å². The summed E-state index contributed by atoms with van der Waals surface area (Å²) in [5.74, 6) is -2.82. The number of hydrogen-bond donors (Lipinski definition) is 3. The molecule has 1 atom stereocenters. The van der Waals surface area contributed by atoms with E-state index in [4.69, 9.17) is 21.8 Å². The highest BCUT2D eigenvalue weighted by Gasteiger charge is 2.21. The third-order valence-corrected chi connectivity index (χ3v) is 2.86. The van der Waals surface area contributed by atoms with Crippen LogP contribution in [0.3, 0.4) is 0 Å². The Kier molecular flexibility index (Phi) is 6.10. The van der Waals surface area contributed by atoms with Gasteiger partial charge in [-0.1, -0.05) is 11.6 Å². The molecule has 1 aromatic heterocycles. The second-order valence-electron chi connectivity index (χ2n) is 4.47. The van der Waals surface area contributed by atoms with E-state index >= 15 is 0 Å². The van der Waals surface area contributed by atoms with Crippen LogP contribution < -0.4 is 5.32 Å². The summed E-state index contributed by atoms with van der Waals surface area (Å²) in [4.78, 5) is 37.4. The van der Waals surface area contributed by atoms with E-state index in [1.807, 2.05) is 0 Å². The van der Waals surface area contributed by atoms with E-state index in [1.54, 1.807) is 6.92 Å². The SMILES string of the molecule is Cc1cc(C(=O)N[C@H](CCCC(=O)O)C(=O)O)cc(Cl)n1. The van der Waals surface area contributed by atoms with Gasteiger partial charge in [-0.3, -0.25) is 9.59 Å². The molecule has 8 heteroatoms. The number of carboxylic acids is 2. The molecule has 1 heterocycles. The predicted molar refractivity (Wildman–Crippen MR) is 74.4 cm³/mol. The van der Waals surface area contributed by atoms with Crippen LogP contribution in [0.1, 0.15) is 35.3 Å². The van der Waals surface area contributed by atoms with Crippen molar-refractivity contribution >= 4 is 29.4 Å². The first-order valence-corrected chi connectivity index (χ1v) is 6.57. The second kappa shape index (κ2) is 7.58.